The van der Waals surface area contributed by atoms with Crippen molar-refractivity contribution in [1.82, 2.24) is 5.43 Å². The number of hydrogen-bond donors (Lipinski definition) is 2. The maximum Gasteiger partial charge on any atom is 0.389 e. The summed E-state index contributed by atoms with van der Waals surface area (Å²) >= 11 is 1.68. The molecule has 100 valence electrons. The van der Waals surface area contributed by atoms with Crippen molar-refractivity contribution in [3.63, 3.8) is 0 Å². The maximum absolute atomic E-state index is 12.3. The molecule has 6 heteroatoms. The molecule has 3 N–H and O–H groups in total. The Balaban J connectivity index is 2.06. The number of alkyl halides is 3. The SMILES string of the molecule is NNC(CCC(F)(F)F)C1CSc2ccccc21. The molecule has 2 nitrogen and oxygen atoms in total. The molecule has 2 atom stereocenters. The van der Waals surface area contributed by atoms with Crippen LogP contribution in [0.3, 0.4) is 0 Å². The van der Waals surface area contributed by atoms with E-state index in [4.69, 9.17) is 5.84 Å². The van der Waals surface area contributed by atoms with Crippen molar-refractivity contribution >= 4 is 11.8 Å². The summed E-state index contributed by atoms with van der Waals surface area (Å²) in [7, 11) is 0. The molecule has 0 aliphatic carbocycles. The number of nitrogens with one attached hydrogen (secondary N) is 1. The minimum absolute atomic E-state index is 0.0135. The number of hydrogen-bond acceptors (Lipinski definition) is 3. The summed E-state index contributed by atoms with van der Waals surface area (Å²) in [6.45, 7) is 0. The van der Waals surface area contributed by atoms with Gasteiger partial charge in [0.25, 0.3) is 0 Å². The van der Waals surface area contributed by atoms with Crippen LogP contribution in [0.1, 0.15) is 24.3 Å². The molecule has 1 aliphatic rings. The third-order valence-corrected chi connectivity index (χ3v) is 4.38. The fourth-order valence-electron chi connectivity index (χ4n) is 2.24. The van der Waals surface area contributed by atoms with E-state index in [1.807, 2.05) is 24.3 Å². The van der Waals surface area contributed by atoms with Crippen LogP contribution in [0.5, 0.6) is 0 Å². The van der Waals surface area contributed by atoms with Crippen LogP contribution in [0.25, 0.3) is 0 Å². The molecule has 1 aliphatic heterocycles. The highest BCUT2D eigenvalue weighted by Gasteiger charge is 2.33. The van der Waals surface area contributed by atoms with Crippen LogP contribution in [-0.2, 0) is 0 Å². The minimum atomic E-state index is -4.12. The van der Waals surface area contributed by atoms with Gasteiger partial charge in [-0.15, -0.1) is 11.8 Å². The highest BCUT2D eigenvalue weighted by atomic mass is 32.2. The van der Waals surface area contributed by atoms with Gasteiger partial charge in [-0.1, -0.05) is 18.2 Å². The molecule has 2 rings (SSSR count). The van der Waals surface area contributed by atoms with Gasteiger partial charge >= 0.3 is 6.18 Å². The number of halogens is 3. The number of nitrogens with two attached hydrogens (primary N) is 1. The Bertz CT molecular complexity index is 409. The van der Waals surface area contributed by atoms with Crippen LogP contribution < -0.4 is 11.3 Å². The molecule has 0 aromatic heterocycles. The zero-order chi connectivity index (χ0) is 13.2. The maximum atomic E-state index is 12.3. The first-order chi connectivity index (χ1) is 8.51. The van der Waals surface area contributed by atoms with Crippen molar-refractivity contribution in [2.24, 2.45) is 5.84 Å². The molecular formula is C12H15F3N2S. The van der Waals surface area contributed by atoms with Crippen LogP contribution in [0.4, 0.5) is 13.2 Å². The number of rotatable bonds is 4. The first kappa shape index (κ1) is 13.7. The van der Waals surface area contributed by atoms with E-state index in [0.29, 0.717) is 0 Å². The molecule has 1 aromatic rings. The van der Waals surface area contributed by atoms with Crippen molar-refractivity contribution in [2.75, 3.05) is 5.75 Å². The quantitative estimate of drug-likeness (QED) is 0.655. The molecule has 0 saturated carbocycles. The van der Waals surface area contributed by atoms with Gasteiger partial charge in [-0.05, 0) is 18.1 Å². The largest absolute Gasteiger partial charge is 0.389 e. The van der Waals surface area contributed by atoms with E-state index < -0.39 is 12.6 Å². The van der Waals surface area contributed by atoms with Crippen LogP contribution in [0, 0.1) is 0 Å². The molecule has 0 fully saturated rings. The number of hydrazine groups is 1. The lowest BCUT2D eigenvalue weighted by Gasteiger charge is -2.23. The zero-order valence-electron chi connectivity index (χ0n) is 9.70. The number of thioether (sulfide) groups is 1. The van der Waals surface area contributed by atoms with Gasteiger partial charge in [0.1, 0.15) is 0 Å². The van der Waals surface area contributed by atoms with Gasteiger partial charge in [-0.25, -0.2) is 0 Å². The third-order valence-electron chi connectivity index (χ3n) is 3.18. The summed E-state index contributed by atoms with van der Waals surface area (Å²) in [6.07, 6.45) is -4.91. The van der Waals surface area contributed by atoms with Crippen LogP contribution >= 0.6 is 11.8 Å². The van der Waals surface area contributed by atoms with Crippen LogP contribution in [-0.4, -0.2) is 18.0 Å². The molecule has 0 radical (unpaired) electrons. The Morgan fingerprint density at radius 1 is 1.39 bits per heavy atom. The molecule has 0 spiro atoms. The van der Waals surface area contributed by atoms with Crippen molar-refractivity contribution in [3.8, 4) is 0 Å². The average molecular weight is 276 g/mol. The van der Waals surface area contributed by atoms with Crippen molar-refractivity contribution < 1.29 is 13.2 Å². The van der Waals surface area contributed by atoms with Crippen molar-refractivity contribution in [3.05, 3.63) is 29.8 Å². The summed E-state index contributed by atoms with van der Waals surface area (Å²) in [5, 5.41) is 0. The van der Waals surface area contributed by atoms with E-state index in [-0.39, 0.29) is 18.4 Å². The highest BCUT2D eigenvalue weighted by molar-refractivity contribution is 7.99. The van der Waals surface area contributed by atoms with Crippen molar-refractivity contribution in [2.45, 2.75) is 35.9 Å². The summed E-state index contributed by atoms with van der Waals surface area (Å²) in [5.41, 5.74) is 3.65. The van der Waals surface area contributed by atoms with Crippen LogP contribution in [0.15, 0.2) is 29.2 Å². The fourth-order valence-corrected chi connectivity index (χ4v) is 3.57. The third kappa shape index (κ3) is 3.18. The van der Waals surface area contributed by atoms with Gasteiger partial charge in [0.05, 0.1) is 0 Å². The predicted molar refractivity (Wildman–Crippen MR) is 66.3 cm³/mol. The van der Waals surface area contributed by atoms with Gasteiger partial charge in [0.15, 0.2) is 0 Å². The topological polar surface area (TPSA) is 38.0 Å². The van der Waals surface area contributed by atoms with Crippen molar-refractivity contribution in [1.29, 1.82) is 0 Å². The van der Waals surface area contributed by atoms with E-state index in [2.05, 4.69) is 5.43 Å². The second-order valence-electron chi connectivity index (χ2n) is 4.38. The van der Waals surface area contributed by atoms with Crippen LogP contribution in [0.2, 0.25) is 0 Å². The average Bonchev–Trinajstić information content (AvgIpc) is 2.73. The first-order valence-electron chi connectivity index (χ1n) is 5.76. The van der Waals surface area contributed by atoms with E-state index in [9.17, 15) is 13.2 Å². The zero-order valence-corrected chi connectivity index (χ0v) is 10.5. The second-order valence-corrected chi connectivity index (χ2v) is 5.44. The van der Waals surface area contributed by atoms with Gasteiger partial charge in [-0.2, -0.15) is 13.2 Å². The Morgan fingerprint density at radius 3 is 2.78 bits per heavy atom. The summed E-state index contributed by atoms with van der Waals surface area (Å²) in [6, 6.07) is 7.49. The highest BCUT2D eigenvalue weighted by Crippen LogP contribution is 2.42. The Labute approximate surface area is 108 Å². The number of benzene rings is 1. The monoisotopic (exact) mass is 276 g/mol. The minimum Gasteiger partial charge on any atom is -0.271 e. The first-order valence-corrected chi connectivity index (χ1v) is 6.74. The Kier molecular flexibility index (Phi) is 4.19. The van der Waals surface area contributed by atoms with Gasteiger partial charge in [-0.3, -0.25) is 11.3 Å². The van der Waals surface area contributed by atoms with E-state index in [1.165, 1.54) is 0 Å². The lowest BCUT2D eigenvalue weighted by molar-refractivity contribution is -0.136. The van der Waals surface area contributed by atoms with Gasteiger partial charge in [0, 0.05) is 29.0 Å². The predicted octanol–water partition coefficient (Wildman–Crippen LogP) is 3.05. The van der Waals surface area contributed by atoms with Gasteiger partial charge < -0.3 is 0 Å². The van der Waals surface area contributed by atoms with E-state index >= 15 is 0 Å². The lowest BCUT2D eigenvalue weighted by Crippen LogP contribution is -2.40. The molecule has 0 amide bonds. The smallest absolute Gasteiger partial charge is 0.271 e. The summed E-state index contributed by atoms with van der Waals surface area (Å²) < 4.78 is 36.8. The molecule has 1 aromatic carbocycles. The summed E-state index contributed by atoms with van der Waals surface area (Å²) in [4.78, 5) is 1.15. The van der Waals surface area contributed by atoms with E-state index in [0.717, 1.165) is 16.2 Å². The van der Waals surface area contributed by atoms with Gasteiger partial charge in [0.2, 0.25) is 0 Å². The Hall–Kier alpha value is -0.720. The normalized spacial score (nSPS) is 20.8. The van der Waals surface area contributed by atoms with E-state index in [1.54, 1.807) is 11.8 Å². The fraction of sp³-hybridized carbons (Fsp3) is 0.500. The molecule has 1 heterocycles. The standard InChI is InChI=1S/C12H15F3N2S/c13-12(14,15)6-5-10(17-16)9-7-18-11-4-2-1-3-8(9)11/h1-4,9-10,17H,5-7,16H2. The molecule has 18 heavy (non-hydrogen) atoms. The molecule has 0 bridgehead atoms. The second kappa shape index (κ2) is 5.50. The molecule has 0 saturated heterocycles. The Morgan fingerprint density at radius 2 is 2.11 bits per heavy atom. The number of fused-ring (bicyclic) bond motifs is 1. The molecule has 2 unspecified atom stereocenters. The lowest BCUT2D eigenvalue weighted by atomic mass is 9.91. The summed E-state index contributed by atoms with van der Waals surface area (Å²) in [5.74, 6) is 6.25. The molecular weight excluding hydrogens is 261 g/mol.